The molecule has 0 spiro atoms. The highest BCUT2D eigenvalue weighted by atomic mass is 16.6. The number of carboxylic acids is 1. The van der Waals surface area contributed by atoms with Gasteiger partial charge in [-0.2, -0.15) is 0 Å². The molecule has 22 heavy (non-hydrogen) atoms. The van der Waals surface area contributed by atoms with E-state index in [1.54, 1.807) is 0 Å². The summed E-state index contributed by atoms with van der Waals surface area (Å²) in [7, 11) is 0. The van der Waals surface area contributed by atoms with Crippen LogP contribution in [0.25, 0.3) is 0 Å². The monoisotopic (exact) mass is 297 g/mol. The Kier molecular flexibility index (Phi) is 3.78. The second-order valence-corrected chi connectivity index (χ2v) is 5.09. The molecule has 112 valence electrons. The Morgan fingerprint density at radius 2 is 1.55 bits per heavy atom. The van der Waals surface area contributed by atoms with Crippen molar-refractivity contribution < 1.29 is 19.4 Å². The van der Waals surface area contributed by atoms with Gasteiger partial charge in [0.25, 0.3) is 0 Å². The Hall–Kier alpha value is -2.82. The van der Waals surface area contributed by atoms with Crippen molar-refractivity contribution in [2.45, 2.75) is 12.1 Å². The number of hydrogen-bond donors (Lipinski definition) is 1. The molecule has 2 atom stereocenters. The van der Waals surface area contributed by atoms with Crippen molar-refractivity contribution >= 4 is 12.1 Å². The normalized spacial score (nSPS) is 20.7. The molecule has 1 amide bonds. The van der Waals surface area contributed by atoms with Gasteiger partial charge >= 0.3 is 12.1 Å². The van der Waals surface area contributed by atoms with E-state index in [0.29, 0.717) is 0 Å². The molecule has 1 N–H and O–H groups in total. The second kappa shape index (κ2) is 5.89. The van der Waals surface area contributed by atoms with Gasteiger partial charge < -0.3 is 9.84 Å². The number of benzene rings is 2. The van der Waals surface area contributed by atoms with Gasteiger partial charge in [0, 0.05) is 0 Å². The fourth-order valence-corrected chi connectivity index (χ4v) is 2.72. The van der Waals surface area contributed by atoms with Gasteiger partial charge in [-0.3, -0.25) is 9.69 Å². The number of carboxylic acid groups (broad SMARTS) is 1. The van der Waals surface area contributed by atoms with Gasteiger partial charge in [0.05, 0.1) is 0 Å². The van der Waals surface area contributed by atoms with Crippen LogP contribution in [0.4, 0.5) is 4.79 Å². The van der Waals surface area contributed by atoms with Crippen molar-refractivity contribution in [3.05, 3.63) is 71.8 Å². The molecule has 1 saturated heterocycles. The fourth-order valence-electron chi connectivity index (χ4n) is 2.72. The summed E-state index contributed by atoms with van der Waals surface area (Å²) < 4.78 is 5.45. The summed E-state index contributed by atoms with van der Waals surface area (Å²) in [5.41, 5.74) is 1.70. The maximum absolute atomic E-state index is 12.1. The number of rotatable bonds is 4. The Morgan fingerprint density at radius 3 is 2.09 bits per heavy atom. The summed E-state index contributed by atoms with van der Waals surface area (Å²) in [6, 6.07) is 18.2. The Labute approximate surface area is 127 Å². The van der Waals surface area contributed by atoms with Crippen LogP contribution in [0.1, 0.15) is 23.3 Å². The van der Waals surface area contributed by atoms with E-state index in [-0.39, 0.29) is 6.54 Å². The highest BCUT2D eigenvalue weighted by Gasteiger charge is 2.44. The number of carbonyl (C=O) groups excluding carboxylic acids is 1. The van der Waals surface area contributed by atoms with Gasteiger partial charge in [-0.25, -0.2) is 4.79 Å². The number of cyclic esters (lactones) is 1. The lowest BCUT2D eigenvalue weighted by atomic mass is 9.95. The SMILES string of the molecule is O=C(O)CN1C(=O)O[C@H](c2ccccc2)[C@@H]1c1ccccc1. The summed E-state index contributed by atoms with van der Waals surface area (Å²) >= 11 is 0. The predicted octanol–water partition coefficient (Wildman–Crippen LogP) is 3.01. The molecule has 5 nitrogen and oxygen atoms in total. The maximum Gasteiger partial charge on any atom is 0.411 e. The van der Waals surface area contributed by atoms with Crippen LogP contribution in [-0.2, 0) is 9.53 Å². The Bertz CT molecular complexity index is 672. The van der Waals surface area contributed by atoms with Crippen LogP contribution in [0, 0.1) is 0 Å². The van der Waals surface area contributed by atoms with Crippen LogP contribution in [-0.4, -0.2) is 28.6 Å². The number of ether oxygens (including phenoxy) is 1. The summed E-state index contributed by atoms with van der Waals surface area (Å²) in [6.07, 6.45) is -1.12. The molecule has 0 radical (unpaired) electrons. The lowest BCUT2D eigenvalue weighted by Crippen LogP contribution is -2.33. The average molecular weight is 297 g/mol. The van der Waals surface area contributed by atoms with Crippen molar-refractivity contribution in [2.24, 2.45) is 0 Å². The second-order valence-electron chi connectivity index (χ2n) is 5.09. The largest absolute Gasteiger partial charge is 0.480 e. The molecular weight excluding hydrogens is 282 g/mol. The third-order valence-corrected chi connectivity index (χ3v) is 3.66. The molecule has 0 aliphatic carbocycles. The first-order valence-corrected chi connectivity index (χ1v) is 6.96. The topological polar surface area (TPSA) is 66.8 Å². The predicted molar refractivity (Wildman–Crippen MR) is 79.2 cm³/mol. The van der Waals surface area contributed by atoms with Gasteiger partial charge in [0.2, 0.25) is 0 Å². The molecule has 1 aliphatic rings. The third-order valence-electron chi connectivity index (χ3n) is 3.66. The average Bonchev–Trinajstić information content (AvgIpc) is 2.85. The van der Waals surface area contributed by atoms with Crippen molar-refractivity contribution in [1.82, 2.24) is 4.90 Å². The molecule has 0 bridgehead atoms. The molecule has 5 heteroatoms. The van der Waals surface area contributed by atoms with Crippen molar-refractivity contribution in [3.8, 4) is 0 Å². The van der Waals surface area contributed by atoms with E-state index in [2.05, 4.69) is 0 Å². The van der Waals surface area contributed by atoms with Gasteiger partial charge in [0.1, 0.15) is 12.6 Å². The fraction of sp³-hybridized carbons (Fsp3) is 0.176. The van der Waals surface area contributed by atoms with Crippen molar-refractivity contribution in [3.63, 3.8) is 0 Å². The van der Waals surface area contributed by atoms with Gasteiger partial charge in [-0.05, 0) is 11.1 Å². The summed E-state index contributed by atoms with van der Waals surface area (Å²) in [5.74, 6) is -1.06. The first-order valence-electron chi connectivity index (χ1n) is 6.96. The smallest absolute Gasteiger partial charge is 0.411 e. The Morgan fingerprint density at radius 1 is 1.00 bits per heavy atom. The Balaban J connectivity index is 2.02. The minimum Gasteiger partial charge on any atom is -0.480 e. The van der Waals surface area contributed by atoms with E-state index in [4.69, 9.17) is 9.84 Å². The van der Waals surface area contributed by atoms with E-state index in [9.17, 15) is 9.59 Å². The zero-order chi connectivity index (χ0) is 15.5. The van der Waals surface area contributed by atoms with E-state index in [1.165, 1.54) is 4.90 Å². The molecule has 1 aliphatic heterocycles. The van der Waals surface area contributed by atoms with Gasteiger partial charge in [-0.1, -0.05) is 60.7 Å². The molecule has 1 fully saturated rings. The number of amides is 1. The number of nitrogens with zero attached hydrogens (tertiary/aromatic N) is 1. The zero-order valence-electron chi connectivity index (χ0n) is 11.8. The van der Waals surface area contributed by atoms with Crippen LogP contribution in [0.5, 0.6) is 0 Å². The number of aliphatic carboxylic acids is 1. The minimum absolute atomic E-state index is 0.387. The first-order chi connectivity index (χ1) is 10.7. The third kappa shape index (κ3) is 2.65. The molecule has 2 aromatic carbocycles. The van der Waals surface area contributed by atoms with Crippen molar-refractivity contribution in [1.29, 1.82) is 0 Å². The zero-order valence-corrected chi connectivity index (χ0v) is 11.8. The number of carbonyl (C=O) groups is 2. The van der Waals surface area contributed by atoms with E-state index in [1.807, 2.05) is 60.7 Å². The quantitative estimate of drug-likeness (QED) is 0.942. The van der Waals surface area contributed by atoms with E-state index < -0.39 is 24.2 Å². The van der Waals surface area contributed by atoms with Crippen LogP contribution < -0.4 is 0 Å². The molecule has 1 heterocycles. The number of hydrogen-bond acceptors (Lipinski definition) is 3. The summed E-state index contributed by atoms with van der Waals surface area (Å²) in [4.78, 5) is 24.4. The summed E-state index contributed by atoms with van der Waals surface area (Å²) in [5, 5.41) is 9.06. The highest BCUT2D eigenvalue weighted by molar-refractivity contribution is 5.79. The van der Waals surface area contributed by atoms with Crippen LogP contribution in [0.3, 0.4) is 0 Å². The van der Waals surface area contributed by atoms with Crippen LogP contribution >= 0.6 is 0 Å². The lowest BCUT2D eigenvalue weighted by Gasteiger charge is -2.24. The summed E-state index contributed by atoms with van der Waals surface area (Å²) in [6.45, 7) is -0.387. The van der Waals surface area contributed by atoms with E-state index in [0.717, 1.165) is 11.1 Å². The highest BCUT2D eigenvalue weighted by Crippen LogP contribution is 2.42. The molecule has 2 aromatic rings. The first kappa shape index (κ1) is 14.1. The van der Waals surface area contributed by atoms with E-state index >= 15 is 0 Å². The van der Waals surface area contributed by atoms with Crippen molar-refractivity contribution in [2.75, 3.05) is 6.54 Å². The molecule has 0 saturated carbocycles. The van der Waals surface area contributed by atoms with Gasteiger partial charge in [0.15, 0.2) is 6.10 Å². The maximum atomic E-state index is 12.1. The molecule has 0 aromatic heterocycles. The van der Waals surface area contributed by atoms with Crippen LogP contribution in [0.15, 0.2) is 60.7 Å². The molecule has 0 unspecified atom stereocenters. The minimum atomic E-state index is -1.06. The van der Waals surface area contributed by atoms with Crippen LogP contribution in [0.2, 0.25) is 0 Å². The molecule has 3 rings (SSSR count). The molecular formula is C17H15NO4. The standard InChI is InChI=1S/C17H15NO4/c19-14(20)11-18-15(12-7-3-1-4-8-12)16(22-17(18)21)13-9-5-2-6-10-13/h1-10,15-16H,11H2,(H,19,20)/t15-,16+/m0/s1. The van der Waals surface area contributed by atoms with Gasteiger partial charge in [-0.15, -0.1) is 0 Å². The lowest BCUT2D eigenvalue weighted by molar-refractivity contribution is -0.137.